The fraction of sp³-hybridized carbons (Fsp3) is 0.273. The van der Waals surface area contributed by atoms with Crippen LogP contribution in [0.25, 0.3) is 0 Å². The van der Waals surface area contributed by atoms with E-state index in [-0.39, 0.29) is 5.97 Å². The van der Waals surface area contributed by atoms with Crippen molar-refractivity contribution in [3.05, 3.63) is 32.4 Å². The smallest absolute Gasteiger partial charge is 0.338 e. The SMILES string of the molecule is CCOC(=O)c1cc(C)c(I)c(C#N)c1. The topological polar surface area (TPSA) is 50.1 Å². The fourth-order valence-corrected chi connectivity index (χ4v) is 1.62. The summed E-state index contributed by atoms with van der Waals surface area (Å²) in [6.07, 6.45) is 0. The van der Waals surface area contributed by atoms with Gasteiger partial charge in [-0.25, -0.2) is 4.79 Å². The van der Waals surface area contributed by atoms with E-state index in [0.29, 0.717) is 17.7 Å². The van der Waals surface area contributed by atoms with E-state index in [4.69, 9.17) is 10.00 Å². The Labute approximate surface area is 102 Å². The Hall–Kier alpha value is -1.09. The Balaban J connectivity index is 3.18. The van der Waals surface area contributed by atoms with Crippen LogP contribution in [0, 0.1) is 21.8 Å². The molecule has 1 rings (SSSR count). The summed E-state index contributed by atoms with van der Waals surface area (Å²) in [6, 6.07) is 5.36. The van der Waals surface area contributed by atoms with Crippen molar-refractivity contribution in [1.29, 1.82) is 5.26 Å². The summed E-state index contributed by atoms with van der Waals surface area (Å²) in [4.78, 5) is 11.4. The third kappa shape index (κ3) is 2.69. The molecule has 0 unspecified atom stereocenters. The zero-order valence-corrected chi connectivity index (χ0v) is 10.7. The van der Waals surface area contributed by atoms with Gasteiger partial charge in [0.2, 0.25) is 0 Å². The minimum atomic E-state index is -0.381. The maximum absolute atomic E-state index is 11.4. The number of ether oxygens (including phenoxy) is 1. The highest BCUT2D eigenvalue weighted by Crippen LogP contribution is 2.19. The molecule has 0 radical (unpaired) electrons. The van der Waals surface area contributed by atoms with Crippen LogP contribution in [-0.4, -0.2) is 12.6 Å². The molecule has 0 aliphatic heterocycles. The molecule has 0 aromatic heterocycles. The number of nitriles is 1. The molecule has 0 aliphatic rings. The lowest BCUT2D eigenvalue weighted by Crippen LogP contribution is -2.06. The zero-order valence-electron chi connectivity index (χ0n) is 8.50. The highest BCUT2D eigenvalue weighted by molar-refractivity contribution is 14.1. The number of rotatable bonds is 2. The number of hydrogen-bond acceptors (Lipinski definition) is 3. The average Bonchev–Trinajstić information content (AvgIpc) is 2.22. The van der Waals surface area contributed by atoms with Gasteiger partial charge in [0, 0.05) is 3.57 Å². The maximum atomic E-state index is 11.4. The van der Waals surface area contributed by atoms with E-state index in [2.05, 4.69) is 28.7 Å². The van der Waals surface area contributed by atoms with Crippen LogP contribution in [-0.2, 0) is 4.74 Å². The van der Waals surface area contributed by atoms with E-state index < -0.39 is 0 Å². The van der Waals surface area contributed by atoms with E-state index in [0.717, 1.165) is 9.13 Å². The molecule has 15 heavy (non-hydrogen) atoms. The molecule has 0 saturated heterocycles. The lowest BCUT2D eigenvalue weighted by Gasteiger charge is -2.05. The molecule has 0 saturated carbocycles. The van der Waals surface area contributed by atoms with Gasteiger partial charge in [0.25, 0.3) is 0 Å². The molecule has 0 N–H and O–H groups in total. The first-order chi connectivity index (χ1) is 7.10. The van der Waals surface area contributed by atoms with Crippen LogP contribution in [0.5, 0.6) is 0 Å². The summed E-state index contributed by atoms with van der Waals surface area (Å²) in [5.74, 6) is -0.381. The summed E-state index contributed by atoms with van der Waals surface area (Å²) in [5, 5.41) is 8.87. The van der Waals surface area contributed by atoms with Crippen molar-refractivity contribution >= 4 is 28.6 Å². The van der Waals surface area contributed by atoms with Crippen molar-refractivity contribution in [2.24, 2.45) is 0 Å². The van der Waals surface area contributed by atoms with Gasteiger partial charge in [-0.15, -0.1) is 0 Å². The standard InChI is InChI=1S/C11H10INO2/c1-3-15-11(14)8-4-7(2)10(12)9(5-8)6-13/h4-5H,3H2,1-2H3. The first-order valence-corrected chi connectivity index (χ1v) is 5.55. The molecule has 0 bridgehead atoms. The van der Waals surface area contributed by atoms with Crippen LogP contribution in [0.3, 0.4) is 0 Å². The number of carbonyl (C=O) groups is 1. The lowest BCUT2D eigenvalue weighted by atomic mass is 10.1. The second kappa shape index (κ2) is 5.12. The first kappa shape index (κ1) is 12.0. The Bertz CT molecular complexity index is 435. The second-order valence-electron chi connectivity index (χ2n) is 2.99. The number of nitrogens with zero attached hydrogens (tertiary/aromatic N) is 1. The van der Waals surface area contributed by atoms with E-state index in [1.165, 1.54) is 0 Å². The molecule has 3 nitrogen and oxygen atoms in total. The largest absolute Gasteiger partial charge is 0.462 e. The monoisotopic (exact) mass is 315 g/mol. The Morgan fingerprint density at radius 1 is 1.60 bits per heavy atom. The van der Waals surface area contributed by atoms with Gasteiger partial charge >= 0.3 is 5.97 Å². The maximum Gasteiger partial charge on any atom is 0.338 e. The number of hydrogen-bond donors (Lipinski definition) is 0. The van der Waals surface area contributed by atoms with Gasteiger partial charge in [0.1, 0.15) is 6.07 Å². The normalized spacial score (nSPS) is 9.47. The molecule has 0 spiro atoms. The molecule has 78 valence electrons. The molecular formula is C11H10INO2. The summed E-state index contributed by atoms with van der Waals surface area (Å²) >= 11 is 2.09. The minimum absolute atomic E-state index is 0.339. The lowest BCUT2D eigenvalue weighted by molar-refractivity contribution is 0.0526. The van der Waals surface area contributed by atoms with E-state index >= 15 is 0 Å². The van der Waals surface area contributed by atoms with E-state index in [1.54, 1.807) is 19.1 Å². The van der Waals surface area contributed by atoms with Crippen LogP contribution in [0.4, 0.5) is 0 Å². The van der Waals surface area contributed by atoms with Gasteiger partial charge in [0.15, 0.2) is 0 Å². The highest BCUT2D eigenvalue weighted by Gasteiger charge is 2.11. The Kier molecular flexibility index (Phi) is 4.09. The Morgan fingerprint density at radius 2 is 2.27 bits per heavy atom. The number of aryl methyl sites for hydroxylation is 1. The zero-order chi connectivity index (χ0) is 11.4. The van der Waals surface area contributed by atoms with Gasteiger partial charge in [-0.2, -0.15) is 5.26 Å². The van der Waals surface area contributed by atoms with Crippen LogP contribution in [0.2, 0.25) is 0 Å². The number of carbonyl (C=O) groups excluding carboxylic acids is 1. The third-order valence-corrected chi connectivity index (χ3v) is 3.32. The van der Waals surface area contributed by atoms with Gasteiger partial charge in [0.05, 0.1) is 17.7 Å². The van der Waals surface area contributed by atoms with Crippen molar-refractivity contribution in [2.75, 3.05) is 6.61 Å². The third-order valence-electron chi connectivity index (χ3n) is 1.89. The van der Waals surface area contributed by atoms with Crippen LogP contribution < -0.4 is 0 Å². The van der Waals surface area contributed by atoms with Crippen molar-refractivity contribution < 1.29 is 9.53 Å². The summed E-state index contributed by atoms with van der Waals surface area (Å²) in [6.45, 7) is 3.96. The molecule has 0 heterocycles. The summed E-state index contributed by atoms with van der Waals surface area (Å²) < 4.78 is 5.75. The molecule has 4 heteroatoms. The fourth-order valence-electron chi connectivity index (χ4n) is 1.18. The number of benzene rings is 1. The molecule has 1 aromatic rings. The van der Waals surface area contributed by atoms with E-state index in [1.807, 2.05) is 6.92 Å². The van der Waals surface area contributed by atoms with E-state index in [9.17, 15) is 4.79 Å². The predicted octanol–water partition coefficient (Wildman–Crippen LogP) is 2.65. The molecule has 0 atom stereocenters. The minimum Gasteiger partial charge on any atom is -0.462 e. The highest BCUT2D eigenvalue weighted by atomic mass is 127. The number of esters is 1. The molecule has 0 fully saturated rings. The summed E-state index contributed by atoms with van der Waals surface area (Å²) in [7, 11) is 0. The van der Waals surface area contributed by atoms with Crippen LogP contribution in [0.15, 0.2) is 12.1 Å². The van der Waals surface area contributed by atoms with Gasteiger partial charge < -0.3 is 4.74 Å². The van der Waals surface area contributed by atoms with Crippen LogP contribution >= 0.6 is 22.6 Å². The molecular weight excluding hydrogens is 305 g/mol. The molecule has 0 amide bonds. The Morgan fingerprint density at radius 3 is 2.80 bits per heavy atom. The average molecular weight is 315 g/mol. The van der Waals surface area contributed by atoms with Gasteiger partial charge in [-0.1, -0.05) is 0 Å². The van der Waals surface area contributed by atoms with Gasteiger partial charge in [-0.3, -0.25) is 0 Å². The second-order valence-corrected chi connectivity index (χ2v) is 4.07. The van der Waals surface area contributed by atoms with Crippen LogP contribution in [0.1, 0.15) is 28.4 Å². The summed E-state index contributed by atoms with van der Waals surface area (Å²) in [5.41, 5.74) is 1.86. The first-order valence-electron chi connectivity index (χ1n) is 4.47. The van der Waals surface area contributed by atoms with Gasteiger partial charge in [-0.05, 0) is 54.1 Å². The number of halogens is 1. The van der Waals surface area contributed by atoms with Crippen molar-refractivity contribution in [3.8, 4) is 6.07 Å². The predicted molar refractivity (Wildman–Crippen MR) is 64.6 cm³/mol. The molecule has 0 aliphatic carbocycles. The molecule has 1 aromatic carbocycles. The van der Waals surface area contributed by atoms with Crippen molar-refractivity contribution in [2.45, 2.75) is 13.8 Å². The van der Waals surface area contributed by atoms with Crippen molar-refractivity contribution in [3.63, 3.8) is 0 Å². The van der Waals surface area contributed by atoms with Crippen molar-refractivity contribution in [1.82, 2.24) is 0 Å². The quantitative estimate of drug-likeness (QED) is 0.623.